The molecular formula is C28H24F4N4S. The smallest absolute Gasteiger partial charge is 0.351 e. The fraction of sp³-hybridized carbons (Fsp3) is 0.214. The van der Waals surface area contributed by atoms with Crippen LogP contribution < -0.4 is 10.2 Å². The van der Waals surface area contributed by atoms with Crippen molar-refractivity contribution in [1.29, 1.82) is 0 Å². The minimum Gasteiger partial charge on any atom is -0.351 e. The van der Waals surface area contributed by atoms with Gasteiger partial charge in [-0.05, 0) is 98.7 Å². The molecule has 2 aromatic carbocycles. The molecule has 0 bridgehead atoms. The number of hydrogen-bond acceptors (Lipinski definition) is 2. The molecule has 3 heterocycles. The van der Waals surface area contributed by atoms with Crippen LogP contribution in [0.15, 0.2) is 72.9 Å². The number of anilines is 1. The van der Waals surface area contributed by atoms with Gasteiger partial charge in [0.2, 0.25) is 0 Å². The summed E-state index contributed by atoms with van der Waals surface area (Å²) in [7, 11) is 0. The number of benzene rings is 2. The quantitative estimate of drug-likeness (QED) is 0.227. The average molecular weight is 525 g/mol. The van der Waals surface area contributed by atoms with Crippen molar-refractivity contribution in [3.05, 3.63) is 113 Å². The third-order valence-electron chi connectivity index (χ3n) is 6.74. The van der Waals surface area contributed by atoms with Gasteiger partial charge in [-0.25, -0.2) is 4.39 Å². The lowest BCUT2D eigenvalue weighted by Gasteiger charge is -2.28. The van der Waals surface area contributed by atoms with E-state index in [4.69, 9.17) is 12.2 Å². The second-order valence-corrected chi connectivity index (χ2v) is 9.53. The van der Waals surface area contributed by atoms with E-state index in [9.17, 15) is 17.6 Å². The van der Waals surface area contributed by atoms with E-state index >= 15 is 0 Å². The second-order valence-electron chi connectivity index (χ2n) is 9.14. The van der Waals surface area contributed by atoms with Crippen molar-refractivity contribution in [1.82, 2.24) is 14.9 Å². The number of halogens is 4. The third kappa shape index (κ3) is 4.48. The number of hydrogen-bond donors (Lipinski definition) is 1. The van der Waals surface area contributed by atoms with Crippen LogP contribution in [-0.4, -0.2) is 14.7 Å². The van der Waals surface area contributed by atoms with Crippen molar-refractivity contribution in [3.8, 4) is 5.69 Å². The van der Waals surface area contributed by atoms with E-state index in [0.29, 0.717) is 22.1 Å². The van der Waals surface area contributed by atoms with Crippen molar-refractivity contribution in [3.63, 3.8) is 0 Å². The molecule has 9 heteroatoms. The lowest BCUT2D eigenvalue weighted by molar-refractivity contribution is -0.137. The maximum absolute atomic E-state index is 14.1. The Morgan fingerprint density at radius 3 is 2.38 bits per heavy atom. The Labute approximate surface area is 217 Å². The topological polar surface area (TPSA) is 33.1 Å². The summed E-state index contributed by atoms with van der Waals surface area (Å²) in [5.41, 5.74) is 4.09. The van der Waals surface area contributed by atoms with E-state index in [1.165, 1.54) is 12.1 Å². The molecule has 1 aliphatic rings. The first kappa shape index (κ1) is 25.0. The van der Waals surface area contributed by atoms with Crippen molar-refractivity contribution in [2.45, 2.75) is 39.0 Å². The van der Waals surface area contributed by atoms with Crippen LogP contribution in [0.3, 0.4) is 0 Å². The molecule has 0 saturated carbocycles. The van der Waals surface area contributed by atoms with Gasteiger partial charge in [-0.3, -0.25) is 4.98 Å². The van der Waals surface area contributed by atoms with Crippen molar-refractivity contribution in [2.75, 3.05) is 4.90 Å². The lowest BCUT2D eigenvalue weighted by atomic mass is 9.96. The first-order valence-electron chi connectivity index (χ1n) is 11.7. The van der Waals surface area contributed by atoms with Gasteiger partial charge in [0.25, 0.3) is 0 Å². The number of aromatic nitrogens is 2. The number of thiocarbonyl (C=S) groups is 1. The van der Waals surface area contributed by atoms with Crippen LogP contribution in [0.25, 0.3) is 5.69 Å². The zero-order valence-electron chi connectivity index (χ0n) is 20.3. The molecule has 4 nitrogen and oxygen atoms in total. The largest absolute Gasteiger partial charge is 0.416 e. The highest BCUT2D eigenvalue weighted by Gasteiger charge is 2.42. The predicted octanol–water partition coefficient (Wildman–Crippen LogP) is 7.13. The zero-order chi connectivity index (χ0) is 26.5. The van der Waals surface area contributed by atoms with Gasteiger partial charge in [0.1, 0.15) is 5.82 Å². The minimum atomic E-state index is -4.45. The molecule has 5 rings (SSSR count). The van der Waals surface area contributed by atoms with Crippen LogP contribution in [0, 0.1) is 26.6 Å². The highest BCUT2D eigenvalue weighted by atomic mass is 32.1. The summed E-state index contributed by atoms with van der Waals surface area (Å²) < 4.78 is 56.3. The van der Waals surface area contributed by atoms with Gasteiger partial charge in [0, 0.05) is 29.0 Å². The molecular weight excluding hydrogens is 500 g/mol. The maximum Gasteiger partial charge on any atom is 0.416 e. The van der Waals surface area contributed by atoms with E-state index in [2.05, 4.69) is 10.3 Å². The molecule has 1 N–H and O–H groups in total. The van der Waals surface area contributed by atoms with E-state index in [-0.39, 0.29) is 17.9 Å². The van der Waals surface area contributed by atoms with Crippen LogP contribution in [0.5, 0.6) is 0 Å². The molecule has 1 saturated heterocycles. The summed E-state index contributed by atoms with van der Waals surface area (Å²) in [4.78, 5) is 6.48. The SMILES string of the molecule is Cc1cc(N2C(=S)N[C@H](c3ccccn3)[C@H]2c2cc(C)n(-c3cccc(C(F)(F)F)c3)c2C)ccc1F. The Morgan fingerprint density at radius 2 is 1.70 bits per heavy atom. The molecule has 0 aliphatic carbocycles. The highest BCUT2D eigenvalue weighted by Crippen LogP contribution is 2.44. The Bertz CT molecular complexity index is 1480. The average Bonchev–Trinajstić information content (AvgIpc) is 3.36. The minimum absolute atomic E-state index is 0.317. The Kier molecular flexibility index (Phi) is 6.27. The van der Waals surface area contributed by atoms with Gasteiger partial charge < -0.3 is 14.8 Å². The van der Waals surface area contributed by atoms with Gasteiger partial charge in [-0.15, -0.1) is 0 Å². The first-order chi connectivity index (χ1) is 17.6. The van der Waals surface area contributed by atoms with Crippen molar-refractivity contribution >= 4 is 23.0 Å². The summed E-state index contributed by atoms with van der Waals surface area (Å²) in [5.74, 6) is -0.317. The van der Waals surface area contributed by atoms with Gasteiger partial charge in [0.15, 0.2) is 5.11 Å². The van der Waals surface area contributed by atoms with Gasteiger partial charge in [0.05, 0.1) is 23.3 Å². The molecule has 0 unspecified atom stereocenters. The van der Waals surface area contributed by atoms with Gasteiger partial charge >= 0.3 is 6.18 Å². The molecule has 4 aromatic rings. The van der Waals surface area contributed by atoms with Gasteiger partial charge in [-0.1, -0.05) is 12.1 Å². The number of nitrogens with one attached hydrogen (secondary N) is 1. The summed E-state index contributed by atoms with van der Waals surface area (Å²) in [6.45, 7) is 5.43. The molecule has 1 fully saturated rings. The number of alkyl halides is 3. The molecule has 1 aliphatic heterocycles. The fourth-order valence-corrected chi connectivity index (χ4v) is 5.38. The standard InChI is InChI=1S/C28H24F4N4S/c1-16-13-21(10-11-23(16)29)36-26(25(34-27(36)37)24-9-4-5-12-33-24)22-14-17(2)35(18(22)3)20-8-6-7-19(15-20)28(30,31)32/h4-15,25-26H,1-3H3,(H,34,37)/t25-,26-/m1/s1. The number of nitrogens with zero attached hydrogens (tertiary/aromatic N) is 3. The lowest BCUT2D eigenvalue weighted by Crippen LogP contribution is -2.29. The molecule has 0 amide bonds. The number of pyridine rings is 1. The summed E-state index contributed by atoms with van der Waals surface area (Å²) in [6.07, 6.45) is -2.75. The summed E-state index contributed by atoms with van der Waals surface area (Å²) in [5, 5.41) is 3.82. The number of aryl methyl sites for hydroxylation is 2. The predicted molar refractivity (Wildman–Crippen MR) is 139 cm³/mol. The summed E-state index contributed by atoms with van der Waals surface area (Å²) in [6, 6.07) is 17.0. The second kappa shape index (κ2) is 9.30. The fourth-order valence-electron chi connectivity index (χ4n) is 5.03. The van der Waals surface area contributed by atoms with E-state index in [1.54, 1.807) is 31.3 Å². The van der Waals surface area contributed by atoms with Crippen LogP contribution in [0.2, 0.25) is 0 Å². The molecule has 0 radical (unpaired) electrons. The van der Waals surface area contributed by atoms with E-state index in [1.807, 2.05) is 47.6 Å². The van der Waals surface area contributed by atoms with E-state index in [0.717, 1.165) is 34.8 Å². The Morgan fingerprint density at radius 1 is 0.919 bits per heavy atom. The van der Waals surface area contributed by atoms with Crippen LogP contribution >= 0.6 is 12.2 Å². The molecule has 0 spiro atoms. The van der Waals surface area contributed by atoms with Crippen molar-refractivity contribution in [2.24, 2.45) is 0 Å². The molecule has 37 heavy (non-hydrogen) atoms. The first-order valence-corrected chi connectivity index (χ1v) is 12.1. The molecule has 2 aromatic heterocycles. The van der Waals surface area contributed by atoms with Gasteiger partial charge in [-0.2, -0.15) is 13.2 Å². The van der Waals surface area contributed by atoms with Crippen LogP contribution in [0.1, 0.15) is 45.9 Å². The van der Waals surface area contributed by atoms with E-state index < -0.39 is 11.7 Å². The molecule has 2 atom stereocenters. The monoisotopic (exact) mass is 524 g/mol. The van der Waals surface area contributed by atoms with Crippen LogP contribution in [-0.2, 0) is 6.18 Å². The summed E-state index contributed by atoms with van der Waals surface area (Å²) >= 11 is 5.75. The Hall–Kier alpha value is -3.72. The Balaban J connectivity index is 1.68. The van der Waals surface area contributed by atoms with Crippen LogP contribution in [0.4, 0.5) is 23.2 Å². The zero-order valence-corrected chi connectivity index (χ0v) is 21.2. The number of rotatable bonds is 4. The normalized spacial score (nSPS) is 17.8. The van der Waals surface area contributed by atoms with Crippen molar-refractivity contribution < 1.29 is 17.6 Å². The highest BCUT2D eigenvalue weighted by molar-refractivity contribution is 7.80. The third-order valence-corrected chi connectivity index (χ3v) is 7.05. The maximum atomic E-state index is 14.1. The molecule has 190 valence electrons.